The third-order valence-electron chi connectivity index (χ3n) is 3.97. The maximum Gasteiger partial charge on any atom is 0.309 e. The van der Waals surface area contributed by atoms with Crippen LogP contribution >= 0.6 is 0 Å². The summed E-state index contributed by atoms with van der Waals surface area (Å²) < 4.78 is 0. The van der Waals surface area contributed by atoms with Crippen LogP contribution in [0.3, 0.4) is 0 Å². The van der Waals surface area contributed by atoms with Crippen LogP contribution in [0.15, 0.2) is 0 Å². The molecule has 18 heavy (non-hydrogen) atoms. The molecule has 0 rings (SSSR count). The van der Waals surface area contributed by atoms with Crippen LogP contribution in [0.2, 0.25) is 0 Å². The number of carbonyl (C=O) groups is 1. The van der Waals surface area contributed by atoms with Crippen LogP contribution in [0.5, 0.6) is 0 Å². The highest BCUT2D eigenvalue weighted by molar-refractivity contribution is 5.73. The Balaban J connectivity index is 4.05. The fourth-order valence-corrected chi connectivity index (χ4v) is 2.14. The Bertz CT molecular complexity index is 235. The van der Waals surface area contributed by atoms with E-state index in [0.717, 1.165) is 38.4 Å². The highest BCUT2D eigenvalue weighted by Gasteiger charge is 2.26. The van der Waals surface area contributed by atoms with Crippen LogP contribution < -0.4 is 0 Å². The van der Waals surface area contributed by atoms with E-state index in [4.69, 9.17) is 5.11 Å². The minimum Gasteiger partial charge on any atom is -0.481 e. The zero-order chi connectivity index (χ0) is 14.2. The summed E-state index contributed by atoms with van der Waals surface area (Å²) in [5, 5.41) is 9.07. The molecule has 108 valence electrons. The second-order valence-corrected chi connectivity index (χ2v) is 5.87. The standard InChI is InChI=1S/C15H31NO2/c1-6-13(7-2)12-16(8-3)11-9-10-15(4,5)14(17)18/h13H,6-12H2,1-5H3,(H,17,18). The Kier molecular flexibility index (Phi) is 8.25. The first kappa shape index (κ1) is 17.4. The molecular formula is C15H31NO2. The van der Waals surface area contributed by atoms with Gasteiger partial charge in [0.15, 0.2) is 0 Å². The SMILES string of the molecule is CCC(CC)CN(CC)CCCC(C)(C)C(=O)O. The van der Waals surface area contributed by atoms with Crippen LogP contribution in [0, 0.1) is 11.3 Å². The van der Waals surface area contributed by atoms with Crippen molar-refractivity contribution in [3.8, 4) is 0 Å². The summed E-state index contributed by atoms with van der Waals surface area (Å²) in [5.41, 5.74) is -0.589. The van der Waals surface area contributed by atoms with E-state index in [9.17, 15) is 4.79 Å². The Hall–Kier alpha value is -0.570. The van der Waals surface area contributed by atoms with Gasteiger partial charge in [-0.25, -0.2) is 0 Å². The monoisotopic (exact) mass is 257 g/mol. The molecular weight excluding hydrogens is 226 g/mol. The van der Waals surface area contributed by atoms with Crippen molar-refractivity contribution in [3.05, 3.63) is 0 Å². The molecule has 3 nitrogen and oxygen atoms in total. The highest BCUT2D eigenvalue weighted by atomic mass is 16.4. The lowest BCUT2D eigenvalue weighted by Crippen LogP contribution is -2.31. The molecule has 0 spiro atoms. The van der Waals surface area contributed by atoms with Crippen molar-refractivity contribution >= 4 is 5.97 Å². The van der Waals surface area contributed by atoms with Crippen molar-refractivity contribution in [2.75, 3.05) is 19.6 Å². The fourth-order valence-electron chi connectivity index (χ4n) is 2.14. The Morgan fingerprint density at radius 3 is 2.17 bits per heavy atom. The van der Waals surface area contributed by atoms with Crippen molar-refractivity contribution < 1.29 is 9.90 Å². The van der Waals surface area contributed by atoms with Gasteiger partial charge >= 0.3 is 5.97 Å². The molecule has 0 saturated carbocycles. The van der Waals surface area contributed by atoms with Crippen LogP contribution in [-0.4, -0.2) is 35.6 Å². The quantitative estimate of drug-likeness (QED) is 0.649. The summed E-state index contributed by atoms with van der Waals surface area (Å²) in [6.07, 6.45) is 4.18. The van der Waals surface area contributed by atoms with E-state index >= 15 is 0 Å². The number of carboxylic acid groups (broad SMARTS) is 1. The predicted octanol–water partition coefficient (Wildman–Crippen LogP) is 3.64. The average Bonchev–Trinajstić information content (AvgIpc) is 2.33. The molecule has 0 aromatic rings. The molecule has 0 unspecified atom stereocenters. The summed E-state index contributed by atoms with van der Waals surface area (Å²) in [6.45, 7) is 13.5. The third kappa shape index (κ3) is 6.39. The maximum absolute atomic E-state index is 11.0. The number of nitrogens with zero attached hydrogens (tertiary/aromatic N) is 1. The number of aliphatic carboxylic acids is 1. The minimum absolute atomic E-state index is 0.589. The number of hydrogen-bond donors (Lipinski definition) is 1. The second kappa shape index (κ2) is 8.52. The largest absolute Gasteiger partial charge is 0.481 e. The van der Waals surface area contributed by atoms with E-state index in [1.807, 2.05) is 13.8 Å². The fraction of sp³-hybridized carbons (Fsp3) is 0.933. The van der Waals surface area contributed by atoms with Crippen molar-refractivity contribution in [2.24, 2.45) is 11.3 Å². The smallest absolute Gasteiger partial charge is 0.309 e. The second-order valence-electron chi connectivity index (χ2n) is 5.87. The molecule has 0 saturated heterocycles. The van der Waals surface area contributed by atoms with Gasteiger partial charge in [0.1, 0.15) is 0 Å². The van der Waals surface area contributed by atoms with Gasteiger partial charge in [0.2, 0.25) is 0 Å². The number of rotatable bonds is 10. The van der Waals surface area contributed by atoms with E-state index < -0.39 is 11.4 Å². The Morgan fingerprint density at radius 2 is 1.78 bits per heavy atom. The zero-order valence-corrected chi connectivity index (χ0v) is 12.8. The number of hydrogen-bond acceptors (Lipinski definition) is 2. The first-order valence-corrected chi connectivity index (χ1v) is 7.33. The molecule has 0 atom stereocenters. The van der Waals surface area contributed by atoms with Crippen molar-refractivity contribution in [3.63, 3.8) is 0 Å². The van der Waals surface area contributed by atoms with Crippen LogP contribution in [0.1, 0.15) is 60.3 Å². The molecule has 1 N–H and O–H groups in total. The molecule has 0 aliphatic carbocycles. The summed E-state index contributed by atoms with van der Waals surface area (Å²) >= 11 is 0. The molecule has 0 bridgehead atoms. The molecule has 0 aliphatic rings. The Labute approximate surface area is 113 Å². The van der Waals surface area contributed by atoms with Crippen LogP contribution in [0.25, 0.3) is 0 Å². The van der Waals surface area contributed by atoms with Gasteiger partial charge in [-0.15, -0.1) is 0 Å². The van der Waals surface area contributed by atoms with Gasteiger partial charge in [-0.05, 0) is 45.7 Å². The lowest BCUT2D eigenvalue weighted by atomic mass is 9.88. The van der Waals surface area contributed by atoms with Gasteiger partial charge in [0.25, 0.3) is 0 Å². The van der Waals surface area contributed by atoms with Gasteiger partial charge in [-0.3, -0.25) is 4.79 Å². The summed E-state index contributed by atoms with van der Waals surface area (Å²) in [7, 11) is 0. The van der Waals surface area contributed by atoms with Gasteiger partial charge in [-0.1, -0.05) is 33.6 Å². The van der Waals surface area contributed by atoms with E-state index in [1.54, 1.807) is 0 Å². The molecule has 0 aromatic heterocycles. The lowest BCUT2D eigenvalue weighted by molar-refractivity contribution is -0.147. The molecule has 3 heteroatoms. The van der Waals surface area contributed by atoms with Gasteiger partial charge in [0, 0.05) is 6.54 Å². The predicted molar refractivity (Wildman–Crippen MR) is 76.8 cm³/mol. The molecule has 0 aromatic carbocycles. The van der Waals surface area contributed by atoms with Gasteiger partial charge < -0.3 is 10.0 Å². The normalized spacial score (nSPS) is 12.4. The molecule has 0 amide bonds. The summed E-state index contributed by atoms with van der Waals surface area (Å²) in [5.74, 6) is 0.0861. The van der Waals surface area contributed by atoms with Gasteiger partial charge in [-0.2, -0.15) is 0 Å². The van der Waals surface area contributed by atoms with Crippen LogP contribution in [0.4, 0.5) is 0 Å². The maximum atomic E-state index is 11.0. The highest BCUT2D eigenvalue weighted by Crippen LogP contribution is 2.22. The third-order valence-corrected chi connectivity index (χ3v) is 3.97. The molecule has 0 heterocycles. The van der Waals surface area contributed by atoms with Crippen molar-refractivity contribution in [1.29, 1.82) is 0 Å². The number of carboxylic acids is 1. The Morgan fingerprint density at radius 1 is 1.22 bits per heavy atom. The van der Waals surface area contributed by atoms with E-state index in [-0.39, 0.29) is 0 Å². The van der Waals surface area contributed by atoms with Crippen molar-refractivity contribution in [2.45, 2.75) is 60.3 Å². The first-order valence-electron chi connectivity index (χ1n) is 7.33. The summed E-state index contributed by atoms with van der Waals surface area (Å²) in [4.78, 5) is 13.5. The topological polar surface area (TPSA) is 40.5 Å². The summed E-state index contributed by atoms with van der Waals surface area (Å²) in [6, 6.07) is 0. The van der Waals surface area contributed by atoms with Gasteiger partial charge in [0.05, 0.1) is 5.41 Å². The molecule has 0 radical (unpaired) electrons. The molecule has 0 fully saturated rings. The average molecular weight is 257 g/mol. The van der Waals surface area contributed by atoms with E-state index in [0.29, 0.717) is 0 Å². The van der Waals surface area contributed by atoms with Crippen molar-refractivity contribution in [1.82, 2.24) is 4.90 Å². The zero-order valence-electron chi connectivity index (χ0n) is 12.8. The lowest BCUT2D eigenvalue weighted by Gasteiger charge is -2.26. The molecule has 0 aliphatic heterocycles. The van der Waals surface area contributed by atoms with Crippen LogP contribution in [-0.2, 0) is 4.79 Å². The minimum atomic E-state index is -0.689. The van der Waals surface area contributed by atoms with E-state index in [2.05, 4.69) is 25.7 Å². The first-order chi connectivity index (χ1) is 8.37. The van der Waals surface area contributed by atoms with E-state index in [1.165, 1.54) is 12.8 Å².